The standard InChI is InChI=1S/C17H17NO4/c1-12-3-2-4-14(11-12)16(19)18-9-10-22-15-7-5-13(6-8-15)17(20)21/h2-8,11H,9-10H2,1H3,(H,18,19)(H,20,21). The van der Waals surface area contributed by atoms with Gasteiger partial charge in [0.05, 0.1) is 12.1 Å². The monoisotopic (exact) mass is 299 g/mol. The molecule has 114 valence electrons. The van der Waals surface area contributed by atoms with Gasteiger partial charge in [-0.15, -0.1) is 0 Å². The lowest BCUT2D eigenvalue weighted by Gasteiger charge is -2.08. The first-order valence-corrected chi connectivity index (χ1v) is 6.87. The van der Waals surface area contributed by atoms with E-state index in [-0.39, 0.29) is 11.5 Å². The maximum absolute atomic E-state index is 11.9. The van der Waals surface area contributed by atoms with Crippen LogP contribution in [0.1, 0.15) is 26.3 Å². The zero-order valence-electron chi connectivity index (χ0n) is 12.2. The van der Waals surface area contributed by atoms with Gasteiger partial charge < -0.3 is 15.2 Å². The maximum atomic E-state index is 11.9. The first kappa shape index (κ1) is 15.6. The van der Waals surface area contributed by atoms with Crippen molar-refractivity contribution in [3.8, 4) is 5.75 Å². The van der Waals surface area contributed by atoms with Crippen molar-refractivity contribution in [3.05, 3.63) is 65.2 Å². The van der Waals surface area contributed by atoms with E-state index in [0.717, 1.165) is 5.56 Å². The number of ether oxygens (including phenoxy) is 1. The summed E-state index contributed by atoms with van der Waals surface area (Å²) in [6, 6.07) is 13.5. The second kappa shape index (κ2) is 7.26. The Labute approximate surface area is 128 Å². The lowest BCUT2D eigenvalue weighted by Crippen LogP contribution is -2.28. The molecule has 0 unspecified atom stereocenters. The molecule has 0 radical (unpaired) electrons. The fourth-order valence-corrected chi connectivity index (χ4v) is 1.92. The Bertz CT molecular complexity index is 665. The van der Waals surface area contributed by atoms with E-state index in [4.69, 9.17) is 9.84 Å². The molecule has 0 aliphatic rings. The van der Waals surface area contributed by atoms with Gasteiger partial charge in [0, 0.05) is 5.56 Å². The molecule has 0 saturated carbocycles. The normalized spacial score (nSPS) is 10.0. The highest BCUT2D eigenvalue weighted by atomic mass is 16.5. The molecule has 0 bridgehead atoms. The number of amides is 1. The number of aryl methyl sites for hydroxylation is 1. The topological polar surface area (TPSA) is 75.6 Å². The molecule has 2 rings (SSSR count). The minimum absolute atomic E-state index is 0.145. The minimum atomic E-state index is -0.975. The number of carboxylic acids is 1. The molecule has 5 heteroatoms. The number of benzene rings is 2. The molecule has 0 atom stereocenters. The fraction of sp³-hybridized carbons (Fsp3) is 0.176. The number of hydrogen-bond acceptors (Lipinski definition) is 3. The van der Waals surface area contributed by atoms with Gasteiger partial charge in [-0.2, -0.15) is 0 Å². The number of aromatic carboxylic acids is 1. The summed E-state index contributed by atoms with van der Waals surface area (Å²) in [4.78, 5) is 22.6. The van der Waals surface area contributed by atoms with Crippen LogP contribution in [0.25, 0.3) is 0 Å². The predicted octanol–water partition coefficient (Wildman–Crippen LogP) is 2.50. The van der Waals surface area contributed by atoms with Gasteiger partial charge in [-0.1, -0.05) is 17.7 Å². The van der Waals surface area contributed by atoms with Crippen LogP contribution in [0.15, 0.2) is 48.5 Å². The number of rotatable bonds is 6. The summed E-state index contributed by atoms with van der Waals surface area (Å²) >= 11 is 0. The van der Waals surface area contributed by atoms with Crippen molar-refractivity contribution < 1.29 is 19.4 Å². The molecular formula is C17H17NO4. The zero-order valence-corrected chi connectivity index (χ0v) is 12.2. The summed E-state index contributed by atoms with van der Waals surface area (Å²) < 4.78 is 5.44. The Morgan fingerprint density at radius 1 is 1.09 bits per heavy atom. The Morgan fingerprint density at radius 2 is 1.82 bits per heavy atom. The number of nitrogens with one attached hydrogen (secondary N) is 1. The van der Waals surface area contributed by atoms with E-state index in [9.17, 15) is 9.59 Å². The molecule has 5 nitrogen and oxygen atoms in total. The zero-order chi connectivity index (χ0) is 15.9. The van der Waals surface area contributed by atoms with Crippen LogP contribution in [-0.4, -0.2) is 30.1 Å². The van der Waals surface area contributed by atoms with Crippen LogP contribution < -0.4 is 10.1 Å². The first-order chi connectivity index (χ1) is 10.6. The van der Waals surface area contributed by atoms with E-state index in [1.165, 1.54) is 12.1 Å². The predicted molar refractivity (Wildman–Crippen MR) is 82.4 cm³/mol. The molecule has 0 saturated heterocycles. The summed E-state index contributed by atoms with van der Waals surface area (Å²) in [5, 5.41) is 11.6. The molecule has 2 aromatic carbocycles. The van der Waals surface area contributed by atoms with Crippen molar-refractivity contribution >= 4 is 11.9 Å². The van der Waals surface area contributed by atoms with Crippen LogP contribution in [0.3, 0.4) is 0 Å². The van der Waals surface area contributed by atoms with Gasteiger partial charge in [0.25, 0.3) is 5.91 Å². The maximum Gasteiger partial charge on any atom is 0.335 e. The summed E-state index contributed by atoms with van der Waals surface area (Å²) in [5.41, 5.74) is 1.85. The van der Waals surface area contributed by atoms with Crippen LogP contribution in [0, 0.1) is 6.92 Å². The Morgan fingerprint density at radius 3 is 2.45 bits per heavy atom. The molecule has 2 aromatic rings. The first-order valence-electron chi connectivity index (χ1n) is 6.87. The van der Waals surface area contributed by atoms with Gasteiger partial charge >= 0.3 is 5.97 Å². The SMILES string of the molecule is Cc1cccc(C(=O)NCCOc2ccc(C(=O)O)cc2)c1. The molecule has 0 fully saturated rings. The van der Waals surface area contributed by atoms with Crippen molar-refractivity contribution in [2.75, 3.05) is 13.2 Å². The van der Waals surface area contributed by atoms with Gasteiger partial charge in [-0.3, -0.25) is 4.79 Å². The van der Waals surface area contributed by atoms with Crippen molar-refractivity contribution in [1.82, 2.24) is 5.32 Å². The summed E-state index contributed by atoms with van der Waals surface area (Å²) in [5.74, 6) is -0.555. The van der Waals surface area contributed by atoms with E-state index in [2.05, 4.69) is 5.32 Å². The second-order valence-corrected chi connectivity index (χ2v) is 4.80. The van der Waals surface area contributed by atoms with Crippen LogP contribution >= 0.6 is 0 Å². The van der Waals surface area contributed by atoms with Gasteiger partial charge in [0.1, 0.15) is 12.4 Å². The van der Waals surface area contributed by atoms with E-state index in [1.807, 2.05) is 25.1 Å². The Kier molecular flexibility index (Phi) is 5.14. The average Bonchev–Trinajstić information content (AvgIpc) is 2.51. The van der Waals surface area contributed by atoms with Gasteiger partial charge in [-0.25, -0.2) is 4.79 Å². The van der Waals surface area contributed by atoms with Crippen LogP contribution in [0.2, 0.25) is 0 Å². The Balaban J connectivity index is 1.77. The van der Waals surface area contributed by atoms with Crippen LogP contribution in [-0.2, 0) is 0 Å². The lowest BCUT2D eigenvalue weighted by atomic mass is 10.1. The van der Waals surface area contributed by atoms with E-state index < -0.39 is 5.97 Å². The summed E-state index contributed by atoms with van der Waals surface area (Å²) in [7, 11) is 0. The number of hydrogen-bond donors (Lipinski definition) is 2. The van der Waals surface area contributed by atoms with E-state index >= 15 is 0 Å². The number of carbonyl (C=O) groups excluding carboxylic acids is 1. The minimum Gasteiger partial charge on any atom is -0.492 e. The molecule has 0 heterocycles. The third-order valence-electron chi connectivity index (χ3n) is 3.04. The van der Waals surface area contributed by atoms with Crippen molar-refractivity contribution in [3.63, 3.8) is 0 Å². The summed E-state index contributed by atoms with van der Waals surface area (Å²) in [6.07, 6.45) is 0. The molecule has 0 spiro atoms. The number of carboxylic acid groups (broad SMARTS) is 1. The smallest absolute Gasteiger partial charge is 0.335 e. The highest BCUT2D eigenvalue weighted by Gasteiger charge is 2.05. The molecule has 0 aromatic heterocycles. The third-order valence-corrected chi connectivity index (χ3v) is 3.04. The molecular weight excluding hydrogens is 282 g/mol. The molecule has 1 amide bonds. The van der Waals surface area contributed by atoms with Crippen molar-refractivity contribution in [2.24, 2.45) is 0 Å². The second-order valence-electron chi connectivity index (χ2n) is 4.80. The van der Waals surface area contributed by atoms with Crippen molar-refractivity contribution in [1.29, 1.82) is 0 Å². The fourth-order valence-electron chi connectivity index (χ4n) is 1.92. The van der Waals surface area contributed by atoms with E-state index in [1.54, 1.807) is 18.2 Å². The Hall–Kier alpha value is -2.82. The lowest BCUT2D eigenvalue weighted by molar-refractivity contribution is 0.0696. The third kappa shape index (κ3) is 4.34. The quantitative estimate of drug-likeness (QED) is 0.804. The number of carbonyl (C=O) groups is 2. The molecule has 2 N–H and O–H groups in total. The largest absolute Gasteiger partial charge is 0.492 e. The van der Waals surface area contributed by atoms with Crippen LogP contribution in [0.4, 0.5) is 0 Å². The van der Waals surface area contributed by atoms with Gasteiger partial charge in [0.2, 0.25) is 0 Å². The van der Waals surface area contributed by atoms with Crippen LogP contribution in [0.5, 0.6) is 5.75 Å². The molecule has 0 aliphatic heterocycles. The summed E-state index contributed by atoms with van der Waals surface area (Å²) in [6.45, 7) is 2.61. The molecule has 22 heavy (non-hydrogen) atoms. The van der Waals surface area contributed by atoms with Gasteiger partial charge in [0.15, 0.2) is 0 Å². The van der Waals surface area contributed by atoms with Gasteiger partial charge in [-0.05, 0) is 43.3 Å². The van der Waals surface area contributed by atoms with Crippen molar-refractivity contribution in [2.45, 2.75) is 6.92 Å². The molecule has 0 aliphatic carbocycles. The highest BCUT2D eigenvalue weighted by Crippen LogP contribution is 2.11. The highest BCUT2D eigenvalue weighted by molar-refractivity contribution is 5.94. The average molecular weight is 299 g/mol. The van der Waals surface area contributed by atoms with E-state index in [0.29, 0.717) is 24.5 Å².